The highest BCUT2D eigenvalue weighted by Gasteiger charge is 2.28. The van der Waals surface area contributed by atoms with Crippen LogP contribution in [0.2, 0.25) is 0 Å². The molecule has 1 aromatic heterocycles. The number of hydrogen-bond donors (Lipinski definition) is 1. The van der Waals surface area contributed by atoms with Crippen molar-refractivity contribution in [3.05, 3.63) is 16.4 Å². The zero-order valence-electron chi connectivity index (χ0n) is 10.1. The number of aryl methyl sites for hydroxylation is 1. The first-order valence-electron chi connectivity index (χ1n) is 5.70. The molecule has 0 bridgehead atoms. The molecule has 1 unspecified atom stereocenters. The molecule has 1 atom stereocenters. The highest BCUT2D eigenvalue weighted by Crippen LogP contribution is 2.27. The first-order valence-corrected chi connectivity index (χ1v) is 5.70. The van der Waals surface area contributed by atoms with Crippen molar-refractivity contribution >= 4 is 11.6 Å². The van der Waals surface area contributed by atoms with E-state index in [0.29, 0.717) is 5.82 Å². The number of piperidine rings is 1. The molecule has 2 rings (SSSR count). The van der Waals surface area contributed by atoms with Gasteiger partial charge in [0.15, 0.2) is 0 Å². The molecule has 2 heterocycles. The third kappa shape index (κ3) is 2.23. The molecule has 94 valence electrons. The van der Waals surface area contributed by atoms with E-state index in [-0.39, 0.29) is 11.9 Å². The van der Waals surface area contributed by atoms with Crippen molar-refractivity contribution in [2.75, 3.05) is 25.0 Å². The largest absolute Gasteiger partial charge is 0.406 e. The van der Waals surface area contributed by atoms with Crippen LogP contribution in [0.1, 0.15) is 12.8 Å². The maximum atomic E-state index is 10.9. The van der Waals surface area contributed by atoms with Gasteiger partial charge in [-0.2, -0.15) is 0 Å². The number of rotatable bonds is 3. The van der Waals surface area contributed by atoms with E-state index >= 15 is 0 Å². The SMILES string of the molecule is CN(c1c([N+](=O)[O-])ncn1C)C1CCCNC1. The van der Waals surface area contributed by atoms with E-state index in [0.717, 1.165) is 25.9 Å². The number of anilines is 1. The van der Waals surface area contributed by atoms with Crippen LogP contribution in [0.4, 0.5) is 11.6 Å². The fourth-order valence-corrected chi connectivity index (χ4v) is 2.28. The molecule has 1 fully saturated rings. The van der Waals surface area contributed by atoms with Gasteiger partial charge in [-0.1, -0.05) is 0 Å². The van der Waals surface area contributed by atoms with E-state index in [1.54, 1.807) is 11.6 Å². The van der Waals surface area contributed by atoms with Crippen molar-refractivity contribution in [1.82, 2.24) is 14.9 Å². The fraction of sp³-hybridized carbons (Fsp3) is 0.700. The van der Waals surface area contributed by atoms with Gasteiger partial charge in [-0.25, -0.2) is 0 Å². The Kier molecular flexibility index (Phi) is 3.28. The number of nitrogens with zero attached hydrogens (tertiary/aromatic N) is 4. The second-order valence-electron chi connectivity index (χ2n) is 4.37. The molecule has 17 heavy (non-hydrogen) atoms. The summed E-state index contributed by atoms with van der Waals surface area (Å²) in [5, 5.41) is 14.2. The summed E-state index contributed by atoms with van der Waals surface area (Å²) in [4.78, 5) is 16.3. The molecule has 0 aromatic carbocycles. The first kappa shape index (κ1) is 11.8. The molecular formula is C10H17N5O2. The predicted octanol–water partition coefficient (Wildman–Crippen LogP) is 0.516. The van der Waals surface area contributed by atoms with Crippen LogP contribution in [-0.2, 0) is 7.05 Å². The van der Waals surface area contributed by atoms with Gasteiger partial charge >= 0.3 is 5.82 Å². The quantitative estimate of drug-likeness (QED) is 0.614. The van der Waals surface area contributed by atoms with Crippen LogP contribution >= 0.6 is 0 Å². The zero-order chi connectivity index (χ0) is 12.4. The Morgan fingerprint density at radius 3 is 3.06 bits per heavy atom. The third-order valence-corrected chi connectivity index (χ3v) is 3.21. The molecule has 0 saturated carbocycles. The van der Waals surface area contributed by atoms with E-state index in [9.17, 15) is 10.1 Å². The fourth-order valence-electron chi connectivity index (χ4n) is 2.28. The van der Waals surface area contributed by atoms with E-state index in [1.165, 1.54) is 6.33 Å². The van der Waals surface area contributed by atoms with E-state index < -0.39 is 4.92 Å². The van der Waals surface area contributed by atoms with Gasteiger partial charge in [0.25, 0.3) is 0 Å². The molecule has 0 spiro atoms. The van der Waals surface area contributed by atoms with Crippen molar-refractivity contribution in [3.8, 4) is 0 Å². The Balaban J connectivity index is 2.25. The van der Waals surface area contributed by atoms with Crippen LogP contribution in [0.3, 0.4) is 0 Å². The number of imidazole rings is 1. The summed E-state index contributed by atoms with van der Waals surface area (Å²) in [5.74, 6) is 0.504. The smallest absolute Gasteiger partial charge is 0.358 e. The molecular weight excluding hydrogens is 222 g/mol. The average molecular weight is 239 g/mol. The lowest BCUT2D eigenvalue weighted by Gasteiger charge is -2.32. The highest BCUT2D eigenvalue weighted by atomic mass is 16.6. The van der Waals surface area contributed by atoms with Crippen molar-refractivity contribution in [1.29, 1.82) is 0 Å². The Bertz CT molecular complexity index is 411. The van der Waals surface area contributed by atoms with Gasteiger partial charge in [0, 0.05) is 26.7 Å². The topological polar surface area (TPSA) is 76.2 Å². The monoisotopic (exact) mass is 239 g/mol. The van der Waals surface area contributed by atoms with Crippen LogP contribution in [0.25, 0.3) is 0 Å². The lowest BCUT2D eigenvalue weighted by molar-refractivity contribution is -0.388. The summed E-state index contributed by atoms with van der Waals surface area (Å²) in [6.45, 7) is 1.89. The van der Waals surface area contributed by atoms with Gasteiger partial charge in [0.2, 0.25) is 12.1 Å². The van der Waals surface area contributed by atoms with Crippen LogP contribution in [0.5, 0.6) is 0 Å². The first-order chi connectivity index (χ1) is 8.11. The van der Waals surface area contributed by atoms with Crippen molar-refractivity contribution in [3.63, 3.8) is 0 Å². The maximum Gasteiger partial charge on any atom is 0.406 e. The molecule has 0 radical (unpaired) electrons. The summed E-state index contributed by atoms with van der Waals surface area (Å²) in [5.41, 5.74) is 0. The highest BCUT2D eigenvalue weighted by molar-refractivity contribution is 5.54. The Labute approximate surface area is 99.6 Å². The summed E-state index contributed by atoms with van der Waals surface area (Å²) in [7, 11) is 3.67. The molecule has 1 aliphatic rings. The van der Waals surface area contributed by atoms with Crippen molar-refractivity contribution < 1.29 is 4.92 Å². The van der Waals surface area contributed by atoms with Crippen LogP contribution < -0.4 is 10.2 Å². The molecule has 7 heteroatoms. The minimum absolute atomic E-state index is 0.0689. The molecule has 1 aromatic rings. The Morgan fingerprint density at radius 2 is 2.47 bits per heavy atom. The Morgan fingerprint density at radius 1 is 1.71 bits per heavy atom. The number of nitrogens with one attached hydrogen (secondary N) is 1. The third-order valence-electron chi connectivity index (χ3n) is 3.21. The molecule has 0 amide bonds. The normalized spacial score (nSPS) is 20.2. The molecule has 7 nitrogen and oxygen atoms in total. The minimum atomic E-state index is -0.428. The van der Waals surface area contributed by atoms with E-state index in [1.807, 2.05) is 11.9 Å². The average Bonchev–Trinajstić information content (AvgIpc) is 2.71. The lowest BCUT2D eigenvalue weighted by atomic mass is 10.1. The van der Waals surface area contributed by atoms with E-state index in [4.69, 9.17) is 0 Å². The number of nitro groups is 1. The summed E-state index contributed by atoms with van der Waals surface area (Å²) in [6, 6.07) is 0.290. The minimum Gasteiger partial charge on any atom is -0.358 e. The molecule has 0 aliphatic carbocycles. The second kappa shape index (κ2) is 4.70. The number of likely N-dealkylation sites (N-methyl/N-ethyl adjacent to an activating group) is 1. The van der Waals surface area contributed by atoms with Crippen molar-refractivity contribution in [2.45, 2.75) is 18.9 Å². The van der Waals surface area contributed by atoms with Gasteiger partial charge in [-0.3, -0.25) is 4.57 Å². The summed E-state index contributed by atoms with van der Waals surface area (Å²) in [6.07, 6.45) is 3.63. The summed E-state index contributed by atoms with van der Waals surface area (Å²) < 4.78 is 1.70. The molecule has 1 saturated heterocycles. The van der Waals surface area contributed by atoms with E-state index in [2.05, 4.69) is 10.3 Å². The number of aromatic nitrogens is 2. The predicted molar refractivity (Wildman–Crippen MR) is 64.2 cm³/mol. The van der Waals surface area contributed by atoms with Crippen LogP contribution in [0.15, 0.2) is 6.33 Å². The molecule has 1 aliphatic heterocycles. The van der Waals surface area contributed by atoms with Crippen LogP contribution in [-0.4, -0.2) is 40.7 Å². The maximum absolute atomic E-state index is 10.9. The summed E-state index contributed by atoms with van der Waals surface area (Å²) >= 11 is 0. The zero-order valence-corrected chi connectivity index (χ0v) is 10.1. The Hall–Kier alpha value is -1.63. The number of hydrogen-bond acceptors (Lipinski definition) is 5. The van der Waals surface area contributed by atoms with Gasteiger partial charge in [-0.15, -0.1) is 0 Å². The standard InChI is InChI=1S/C10H17N5O2/c1-13-7-12-9(15(16)17)10(13)14(2)8-4-3-5-11-6-8/h7-8,11H,3-6H2,1-2H3. The molecule has 1 N–H and O–H groups in total. The second-order valence-corrected chi connectivity index (χ2v) is 4.37. The lowest BCUT2D eigenvalue weighted by Crippen LogP contribution is -2.45. The van der Waals surface area contributed by atoms with Gasteiger partial charge in [-0.05, 0) is 29.3 Å². The van der Waals surface area contributed by atoms with Crippen LogP contribution in [0, 0.1) is 10.1 Å². The van der Waals surface area contributed by atoms with Gasteiger partial charge < -0.3 is 20.3 Å². The van der Waals surface area contributed by atoms with Crippen molar-refractivity contribution in [2.24, 2.45) is 7.05 Å². The van der Waals surface area contributed by atoms with Gasteiger partial charge in [0.05, 0.1) is 0 Å². The van der Waals surface area contributed by atoms with Gasteiger partial charge in [0.1, 0.15) is 0 Å².